The highest BCUT2D eigenvalue weighted by molar-refractivity contribution is 6.23. The highest BCUT2D eigenvalue weighted by atomic mass is 16.3. The third kappa shape index (κ3) is 3.68. The van der Waals surface area contributed by atoms with Crippen LogP contribution >= 0.6 is 0 Å². The molecule has 0 aromatic heterocycles. The zero-order valence-electron chi connectivity index (χ0n) is 15.9. The minimum Gasteiger partial charge on any atom is -0.396 e. The molecule has 29 heavy (non-hydrogen) atoms. The Morgan fingerprint density at radius 2 is 1.90 bits per heavy atom. The normalized spacial score (nSPS) is 27.2. The molecule has 0 saturated carbocycles. The number of nitrogens with zero attached hydrogens (tertiary/aromatic N) is 1. The Labute approximate surface area is 167 Å². The predicted octanol–water partition coefficient (Wildman–Crippen LogP) is -0.852. The van der Waals surface area contributed by atoms with Gasteiger partial charge in [-0.25, -0.2) is 0 Å². The average Bonchev–Trinajstić information content (AvgIpc) is 2.97. The number of piperidine rings is 2. The van der Waals surface area contributed by atoms with E-state index in [1.807, 2.05) is 0 Å². The number of rotatable bonds is 5. The van der Waals surface area contributed by atoms with E-state index >= 15 is 0 Å². The van der Waals surface area contributed by atoms with E-state index in [4.69, 9.17) is 0 Å². The summed E-state index contributed by atoms with van der Waals surface area (Å²) in [6, 6.07) is 4.31. The third-order valence-electron chi connectivity index (χ3n) is 5.91. The minimum atomic E-state index is -0.957. The lowest BCUT2D eigenvalue weighted by molar-refractivity contribution is -0.136. The molecule has 0 aliphatic carbocycles. The number of imide groups is 2. The average molecular weight is 400 g/mol. The first kappa shape index (κ1) is 19.7. The van der Waals surface area contributed by atoms with E-state index in [-0.39, 0.29) is 42.5 Å². The SMILES string of the molecule is O=C1CCC(N2C(=O)c3ccc(CNC4CCNCC4CO)cc3C2=O)C(=O)N1. The van der Waals surface area contributed by atoms with Crippen LogP contribution in [0, 0.1) is 5.92 Å². The van der Waals surface area contributed by atoms with E-state index < -0.39 is 29.7 Å². The molecule has 9 nitrogen and oxygen atoms in total. The molecule has 4 rings (SSSR count). The standard InChI is InChI=1S/C20H24N4O5/c25-10-12-9-21-6-5-15(12)22-8-11-1-2-13-14(7-11)20(29)24(19(13)28)16-3-4-17(26)23-18(16)27/h1-2,7,12,15-16,21-22,25H,3-6,8-10H2,(H,23,26,27). The molecule has 4 amide bonds. The number of amides is 4. The van der Waals surface area contributed by atoms with E-state index in [1.54, 1.807) is 18.2 Å². The molecule has 2 fully saturated rings. The molecule has 0 spiro atoms. The number of hydrogen-bond donors (Lipinski definition) is 4. The number of carbonyl (C=O) groups is 4. The number of benzene rings is 1. The Morgan fingerprint density at radius 1 is 1.10 bits per heavy atom. The molecule has 4 N–H and O–H groups in total. The molecule has 0 bridgehead atoms. The van der Waals surface area contributed by atoms with Crippen LogP contribution in [0.3, 0.4) is 0 Å². The molecule has 3 atom stereocenters. The van der Waals surface area contributed by atoms with Crippen molar-refractivity contribution in [3.63, 3.8) is 0 Å². The van der Waals surface area contributed by atoms with Crippen molar-refractivity contribution in [1.29, 1.82) is 0 Å². The van der Waals surface area contributed by atoms with Gasteiger partial charge >= 0.3 is 0 Å². The number of hydrogen-bond acceptors (Lipinski definition) is 7. The van der Waals surface area contributed by atoms with Crippen LogP contribution in [0.4, 0.5) is 0 Å². The second-order valence-corrected chi connectivity index (χ2v) is 7.75. The molecular formula is C20H24N4O5. The van der Waals surface area contributed by atoms with Gasteiger partial charge in [-0.3, -0.25) is 29.4 Å². The predicted molar refractivity (Wildman–Crippen MR) is 102 cm³/mol. The van der Waals surface area contributed by atoms with Gasteiger partial charge in [0.05, 0.1) is 11.1 Å². The molecule has 3 aliphatic heterocycles. The van der Waals surface area contributed by atoms with E-state index in [9.17, 15) is 24.3 Å². The smallest absolute Gasteiger partial charge is 0.262 e. The maximum absolute atomic E-state index is 12.9. The first-order valence-electron chi connectivity index (χ1n) is 9.89. The van der Waals surface area contributed by atoms with Crippen molar-refractivity contribution < 1.29 is 24.3 Å². The Kier molecular flexibility index (Phi) is 5.44. The summed E-state index contributed by atoms with van der Waals surface area (Å²) in [5, 5.41) is 18.4. The van der Waals surface area contributed by atoms with Crippen LogP contribution in [-0.4, -0.2) is 65.4 Å². The van der Waals surface area contributed by atoms with Gasteiger partial charge in [0.15, 0.2) is 0 Å². The highest BCUT2D eigenvalue weighted by Gasteiger charge is 2.44. The van der Waals surface area contributed by atoms with Gasteiger partial charge in [-0.1, -0.05) is 6.07 Å². The first-order valence-corrected chi connectivity index (χ1v) is 9.89. The maximum atomic E-state index is 12.9. The summed E-state index contributed by atoms with van der Waals surface area (Å²) in [6.07, 6.45) is 1.14. The third-order valence-corrected chi connectivity index (χ3v) is 5.91. The van der Waals surface area contributed by atoms with E-state index in [0.29, 0.717) is 6.54 Å². The van der Waals surface area contributed by atoms with Gasteiger partial charge in [0.25, 0.3) is 11.8 Å². The lowest BCUT2D eigenvalue weighted by atomic mass is 9.94. The van der Waals surface area contributed by atoms with Gasteiger partial charge in [0.2, 0.25) is 11.8 Å². The number of nitrogens with one attached hydrogen (secondary N) is 3. The van der Waals surface area contributed by atoms with Crippen LogP contribution < -0.4 is 16.0 Å². The molecule has 3 heterocycles. The second kappa shape index (κ2) is 8.02. The fraction of sp³-hybridized carbons (Fsp3) is 0.500. The van der Waals surface area contributed by atoms with Gasteiger partial charge < -0.3 is 15.7 Å². The highest BCUT2D eigenvalue weighted by Crippen LogP contribution is 2.28. The molecule has 3 aliphatic rings. The van der Waals surface area contributed by atoms with Crippen molar-refractivity contribution >= 4 is 23.6 Å². The summed E-state index contributed by atoms with van der Waals surface area (Å²) < 4.78 is 0. The molecular weight excluding hydrogens is 376 g/mol. The number of aliphatic hydroxyl groups excluding tert-OH is 1. The monoisotopic (exact) mass is 400 g/mol. The molecule has 9 heteroatoms. The number of aliphatic hydroxyl groups is 1. The second-order valence-electron chi connectivity index (χ2n) is 7.75. The molecule has 0 radical (unpaired) electrons. The van der Waals surface area contributed by atoms with Crippen LogP contribution in [-0.2, 0) is 16.1 Å². The summed E-state index contributed by atoms with van der Waals surface area (Å²) in [6.45, 7) is 2.25. The quantitative estimate of drug-likeness (QED) is 0.474. The van der Waals surface area contributed by atoms with Gasteiger partial charge in [0.1, 0.15) is 6.04 Å². The lowest BCUT2D eigenvalue weighted by Gasteiger charge is -2.31. The van der Waals surface area contributed by atoms with Crippen LogP contribution in [0.15, 0.2) is 18.2 Å². The van der Waals surface area contributed by atoms with Crippen LogP contribution in [0.5, 0.6) is 0 Å². The minimum absolute atomic E-state index is 0.0985. The number of fused-ring (bicyclic) bond motifs is 1. The van der Waals surface area contributed by atoms with Crippen LogP contribution in [0.25, 0.3) is 0 Å². The van der Waals surface area contributed by atoms with E-state index in [1.165, 1.54) is 0 Å². The maximum Gasteiger partial charge on any atom is 0.262 e. The van der Waals surface area contributed by atoms with Gasteiger partial charge in [-0.05, 0) is 37.1 Å². The number of carbonyl (C=O) groups excluding carboxylic acids is 4. The molecule has 154 valence electrons. The van der Waals surface area contributed by atoms with Crippen molar-refractivity contribution in [3.05, 3.63) is 34.9 Å². The first-order chi connectivity index (χ1) is 14.0. The van der Waals surface area contributed by atoms with Gasteiger partial charge in [-0.2, -0.15) is 0 Å². The van der Waals surface area contributed by atoms with E-state index in [2.05, 4.69) is 16.0 Å². The largest absolute Gasteiger partial charge is 0.396 e. The molecule has 2 saturated heterocycles. The van der Waals surface area contributed by atoms with Crippen molar-refractivity contribution in [2.24, 2.45) is 5.92 Å². The Morgan fingerprint density at radius 3 is 2.66 bits per heavy atom. The fourth-order valence-corrected chi connectivity index (χ4v) is 4.26. The lowest BCUT2D eigenvalue weighted by Crippen LogP contribution is -2.54. The summed E-state index contributed by atoms with van der Waals surface area (Å²) in [7, 11) is 0. The van der Waals surface area contributed by atoms with Crippen molar-refractivity contribution in [2.45, 2.75) is 37.9 Å². The molecule has 1 aromatic rings. The van der Waals surface area contributed by atoms with Gasteiger partial charge in [0, 0.05) is 38.1 Å². The zero-order chi connectivity index (χ0) is 20.5. The topological polar surface area (TPSA) is 128 Å². The van der Waals surface area contributed by atoms with Crippen molar-refractivity contribution in [3.8, 4) is 0 Å². The van der Waals surface area contributed by atoms with Gasteiger partial charge in [-0.15, -0.1) is 0 Å². The Balaban J connectivity index is 1.48. The summed E-state index contributed by atoms with van der Waals surface area (Å²) >= 11 is 0. The van der Waals surface area contributed by atoms with Crippen LogP contribution in [0.1, 0.15) is 45.5 Å². The summed E-state index contributed by atoms with van der Waals surface area (Å²) in [5.74, 6) is -1.88. The van der Waals surface area contributed by atoms with Crippen molar-refractivity contribution in [2.75, 3.05) is 19.7 Å². The zero-order valence-corrected chi connectivity index (χ0v) is 15.9. The Bertz CT molecular complexity index is 870. The fourth-order valence-electron chi connectivity index (χ4n) is 4.26. The Hall–Kier alpha value is -2.62. The van der Waals surface area contributed by atoms with E-state index in [0.717, 1.165) is 30.0 Å². The van der Waals surface area contributed by atoms with Crippen LogP contribution in [0.2, 0.25) is 0 Å². The molecule has 3 unspecified atom stereocenters. The van der Waals surface area contributed by atoms with Crippen molar-refractivity contribution in [1.82, 2.24) is 20.9 Å². The summed E-state index contributed by atoms with van der Waals surface area (Å²) in [5.41, 5.74) is 1.41. The summed E-state index contributed by atoms with van der Waals surface area (Å²) in [4.78, 5) is 50.0. The molecule has 1 aromatic carbocycles.